The van der Waals surface area contributed by atoms with Crippen LogP contribution in [0, 0.1) is 18.6 Å². The van der Waals surface area contributed by atoms with Gasteiger partial charge in [0, 0.05) is 50.9 Å². The number of aryl methyl sites for hydroxylation is 2. The summed E-state index contributed by atoms with van der Waals surface area (Å²) < 4.78 is 35.8. The van der Waals surface area contributed by atoms with E-state index in [-0.39, 0.29) is 18.0 Å². The average molecular weight is 527 g/mol. The molecule has 11 heteroatoms. The number of rotatable bonds is 2. The molecule has 2 bridgehead atoms. The van der Waals surface area contributed by atoms with Crippen LogP contribution in [0.3, 0.4) is 0 Å². The number of aromatic nitrogens is 3. The number of ether oxygens (including phenoxy) is 1. The number of carbonyl (C=O) groups excluding carboxylic acids is 2. The third kappa shape index (κ3) is 7.12. The Morgan fingerprint density at radius 1 is 1.13 bits per heavy atom. The number of nitrogens with zero attached hydrogens (tertiary/aromatic N) is 4. The summed E-state index contributed by atoms with van der Waals surface area (Å²) in [5.74, 6) is -2.04. The third-order valence-electron chi connectivity index (χ3n) is 6.26. The number of carbonyl (C=O) groups is 2. The summed E-state index contributed by atoms with van der Waals surface area (Å²) in [6.07, 6.45) is 2.99. The van der Waals surface area contributed by atoms with Crippen molar-refractivity contribution in [1.29, 1.82) is 0 Å². The molecule has 3 aromatic rings. The molecule has 38 heavy (non-hydrogen) atoms. The molecule has 0 radical (unpaired) electrons. The van der Waals surface area contributed by atoms with Gasteiger partial charge in [-0.3, -0.25) is 19.2 Å². The van der Waals surface area contributed by atoms with E-state index >= 15 is 0 Å². The largest absolute Gasteiger partial charge is 0.493 e. The van der Waals surface area contributed by atoms with Crippen LogP contribution in [-0.4, -0.2) is 57.4 Å². The van der Waals surface area contributed by atoms with Gasteiger partial charge in [-0.15, -0.1) is 5.10 Å². The SMILES string of the molecule is Cc1ccc2c(c1)OCCCn1cc(nn1)CN(Cc1cccc(F)c1F)CCCNC(=O)[C@@H](C)NC2=O. The maximum absolute atomic E-state index is 14.4. The Kier molecular flexibility index (Phi) is 9.01. The van der Waals surface area contributed by atoms with Crippen LogP contribution in [0.4, 0.5) is 8.78 Å². The molecule has 0 unspecified atom stereocenters. The number of amides is 2. The van der Waals surface area contributed by atoms with Crippen molar-refractivity contribution in [2.45, 2.75) is 52.4 Å². The Bertz CT molecular complexity index is 1280. The van der Waals surface area contributed by atoms with Crippen LogP contribution in [0.15, 0.2) is 42.6 Å². The lowest BCUT2D eigenvalue weighted by Crippen LogP contribution is -2.45. The highest BCUT2D eigenvalue weighted by Crippen LogP contribution is 2.21. The molecule has 0 spiro atoms. The Morgan fingerprint density at radius 2 is 1.97 bits per heavy atom. The summed E-state index contributed by atoms with van der Waals surface area (Å²) in [5.41, 5.74) is 2.23. The number of hydrogen-bond donors (Lipinski definition) is 2. The molecule has 1 aromatic heterocycles. The van der Waals surface area contributed by atoms with Crippen LogP contribution in [0.25, 0.3) is 0 Å². The van der Waals surface area contributed by atoms with Crippen molar-refractivity contribution < 1.29 is 23.1 Å². The molecular weight excluding hydrogens is 494 g/mol. The first-order chi connectivity index (χ1) is 18.3. The van der Waals surface area contributed by atoms with Crippen LogP contribution in [-0.2, 0) is 24.4 Å². The summed E-state index contributed by atoms with van der Waals surface area (Å²) in [5, 5.41) is 14.0. The quantitative estimate of drug-likeness (QED) is 0.533. The fourth-order valence-corrected chi connectivity index (χ4v) is 4.23. The minimum absolute atomic E-state index is 0.169. The van der Waals surface area contributed by atoms with E-state index in [9.17, 15) is 18.4 Å². The summed E-state index contributed by atoms with van der Waals surface area (Å²) in [6.45, 7) is 5.80. The molecular formula is C27H32F2N6O3. The lowest BCUT2D eigenvalue weighted by molar-refractivity contribution is -0.122. The van der Waals surface area contributed by atoms with Gasteiger partial charge in [-0.25, -0.2) is 8.78 Å². The van der Waals surface area contributed by atoms with E-state index < -0.39 is 23.6 Å². The van der Waals surface area contributed by atoms with E-state index in [1.807, 2.05) is 24.1 Å². The van der Waals surface area contributed by atoms with Crippen molar-refractivity contribution in [2.24, 2.45) is 0 Å². The number of nitrogens with one attached hydrogen (secondary N) is 2. The predicted octanol–water partition coefficient (Wildman–Crippen LogP) is 2.97. The highest BCUT2D eigenvalue weighted by molar-refractivity contribution is 5.99. The molecule has 1 atom stereocenters. The van der Waals surface area contributed by atoms with Gasteiger partial charge in [-0.2, -0.15) is 0 Å². The number of fused-ring (bicyclic) bond motifs is 3. The highest BCUT2D eigenvalue weighted by Gasteiger charge is 2.20. The lowest BCUT2D eigenvalue weighted by Gasteiger charge is -2.22. The summed E-state index contributed by atoms with van der Waals surface area (Å²) in [6, 6.07) is 8.66. The second-order valence-electron chi connectivity index (χ2n) is 9.44. The topological polar surface area (TPSA) is 101 Å². The van der Waals surface area contributed by atoms with Gasteiger partial charge >= 0.3 is 0 Å². The van der Waals surface area contributed by atoms with Crippen molar-refractivity contribution in [3.63, 3.8) is 0 Å². The van der Waals surface area contributed by atoms with Gasteiger partial charge in [0.25, 0.3) is 5.91 Å². The predicted molar refractivity (Wildman–Crippen MR) is 136 cm³/mol. The fraction of sp³-hybridized carbons (Fsp3) is 0.407. The van der Waals surface area contributed by atoms with Crippen molar-refractivity contribution in [3.8, 4) is 5.75 Å². The van der Waals surface area contributed by atoms with Gasteiger partial charge in [0.05, 0.1) is 17.9 Å². The van der Waals surface area contributed by atoms with Gasteiger partial charge in [-0.1, -0.05) is 23.4 Å². The van der Waals surface area contributed by atoms with Crippen molar-refractivity contribution in [3.05, 3.63) is 76.6 Å². The van der Waals surface area contributed by atoms with E-state index in [1.54, 1.807) is 29.8 Å². The third-order valence-corrected chi connectivity index (χ3v) is 6.26. The standard InChI is InChI=1S/C27H32F2N6O3/c1-18-8-9-22-24(14-18)38-13-5-12-35-17-21(32-33-35)16-34(15-20-6-3-7-23(28)25(20)29)11-4-10-30-26(36)19(2)31-27(22)37/h3,6-9,14,17,19H,4-5,10-13,15-16H2,1-2H3,(H,30,36)(H,31,37)/t19-/m1/s1. The van der Waals surface area contributed by atoms with Gasteiger partial charge in [0.2, 0.25) is 5.91 Å². The minimum Gasteiger partial charge on any atom is -0.493 e. The first kappa shape index (κ1) is 27.2. The molecule has 0 fully saturated rings. The molecule has 9 nitrogen and oxygen atoms in total. The maximum atomic E-state index is 14.4. The monoisotopic (exact) mass is 526 g/mol. The Morgan fingerprint density at radius 3 is 2.82 bits per heavy atom. The molecule has 2 heterocycles. The smallest absolute Gasteiger partial charge is 0.255 e. The maximum Gasteiger partial charge on any atom is 0.255 e. The Hall–Kier alpha value is -3.86. The van der Waals surface area contributed by atoms with E-state index in [1.165, 1.54) is 6.07 Å². The second-order valence-corrected chi connectivity index (χ2v) is 9.44. The number of hydrogen-bond acceptors (Lipinski definition) is 6. The molecule has 202 valence electrons. The van der Waals surface area contributed by atoms with Crippen molar-refractivity contribution in [2.75, 3.05) is 19.7 Å². The summed E-state index contributed by atoms with van der Waals surface area (Å²) in [7, 11) is 0. The molecule has 2 amide bonds. The van der Waals surface area contributed by atoms with Crippen LogP contribution < -0.4 is 15.4 Å². The van der Waals surface area contributed by atoms with E-state index in [0.717, 1.165) is 11.6 Å². The zero-order valence-corrected chi connectivity index (χ0v) is 21.5. The molecule has 2 aromatic carbocycles. The molecule has 0 saturated carbocycles. The zero-order chi connectivity index (χ0) is 27.1. The van der Waals surface area contributed by atoms with Gasteiger partial charge in [-0.05, 0) is 44.0 Å². The Balaban J connectivity index is 1.51. The Labute approximate surface area is 220 Å². The highest BCUT2D eigenvalue weighted by atomic mass is 19.2. The van der Waals surface area contributed by atoms with E-state index in [4.69, 9.17) is 4.74 Å². The van der Waals surface area contributed by atoms with Gasteiger partial charge < -0.3 is 15.4 Å². The number of halogens is 2. The molecule has 0 aliphatic carbocycles. The second kappa shape index (κ2) is 12.6. The first-order valence-corrected chi connectivity index (χ1v) is 12.7. The van der Waals surface area contributed by atoms with Crippen LogP contribution >= 0.6 is 0 Å². The molecule has 0 saturated heterocycles. The lowest BCUT2D eigenvalue weighted by atomic mass is 10.1. The van der Waals surface area contributed by atoms with Crippen molar-refractivity contribution >= 4 is 11.8 Å². The normalized spacial score (nSPS) is 18.3. The van der Waals surface area contributed by atoms with E-state index in [0.29, 0.717) is 62.6 Å². The summed E-state index contributed by atoms with van der Waals surface area (Å²) >= 11 is 0. The van der Waals surface area contributed by atoms with Gasteiger partial charge in [0.15, 0.2) is 11.6 Å². The molecule has 1 aliphatic rings. The molecule has 2 N–H and O–H groups in total. The van der Waals surface area contributed by atoms with E-state index in [2.05, 4.69) is 20.9 Å². The van der Waals surface area contributed by atoms with Crippen LogP contribution in [0.1, 0.15) is 46.9 Å². The van der Waals surface area contributed by atoms with Gasteiger partial charge in [0.1, 0.15) is 11.8 Å². The average Bonchev–Trinajstić information content (AvgIpc) is 3.33. The van der Waals surface area contributed by atoms with Crippen LogP contribution in [0.5, 0.6) is 5.75 Å². The molecule has 4 rings (SSSR count). The van der Waals surface area contributed by atoms with Crippen molar-refractivity contribution in [1.82, 2.24) is 30.5 Å². The zero-order valence-electron chi connectivity index (χ0n) is 21.5. The number of benzene rings is 2. The van der Waals surface area contributed by atoms with Crippen LogP contribution in [0.2, 0.25) is 0 Å². The first-order valence-electron chi connectivity index (χ1n) is 12.7. The fourth-order valence-electron chi connectivity index (χ4n) is 4.23. The summed E-state index contributed by atoms with van der Waals surface area (Å²) in [4.78, 5) is 27.5. The molecule has 1 aliphatic heterocycles. The minimum atomic E-state index is -0.895.